The van der Waals surface area contributed by atoms with Gasteiger partial charge in [-0.15, -0.1) is 0 Å². The number of ether oxygens (including phenoxy) is 1. The predicted molar refractivity (Wildman–Crippen MR) is 84.1 cm³/mol. The molecule has 22 heavy (non-hydrogen) atoms. The molecule has 1 heterocycles. The van der Waals surface area contributed by atoms with Crippen molar-refractivity contribution in [3.63, 3.8) is 0 Å². The smallest absolute Gasteiger partial charge is 0.251 e. The summed E-state index contributed by atoms with van der Waals surface area (Å²) in [5, 5.41) is 12.4. The van der Waals surface area contributed by atoms with Crippen LogP contribution in [0.3, 0.4) is 0 Å². The van der Waals surface area contributed by atoms with Crippen LogP contribution in [0.4, 0.5) is 0 Å². The number of hydrogen-bond acceptors (Lipinski definition) is 3. The van der Waals surface area contributed by atoms with Crippen molar-refractivity contribution in [2.24, 2.45) is 0 Å². The molecule has 1 atom stereocenters. The summed E-state index contributed by atoms with van der Waals surface area (Å²) < 4.78 is 5.44. The summed E-state index contributed by atoms with van der Waals surface area (Å²) in [6, 6.07) is 15.0. The minimum absolute atomic E-state index is 0.0886. The lowest BCUT2D eigenvalue weighted by molar-refractivity contribution is 0.0916. The van der Waals surface area contributed by atoms with E-state index in [2.05, 4.69) is 5.32 Å². The second-order valence-electron chi connectivity index (χ2n) is 5.46. The fourth-order valence-corrected chi connectivity index (χ4v) is 2.66. The van der Waals surface area contributed by atoms with E-state index in [4.69, 9.17) is 4.74 Å². The van der Waals surface area contributed by atoms with Gasteiger partial charge in [-0.3, -0.25) is 4.79 Å². The SMILES string of the molecule is O=C(NC(CO)Cc1ccccc1)c1ccc2c(c1)CCO2. The largest absolute Gasteiger partial charge is 0.493 e. The number of benzene rings is 2. The molecule has 2 aromatic carbocycles. The van der Waals surface area contributed by atoms with Crippen molar-refractivity contribution in [1.82, 2.24) is 5.32 Å². The molecule has 0 fully saturated rings. The number of carbonyl (C=O) groups is 1. The molecule has 1 amide bonds. The number of hydrogen-bond donors (Lipinski definition) is 2. The topological polar surface area (TPSA) is 58.6 Å². The fourth-order valence-electron chi connectivity index (χ4n) is 2.66. The summed E-state index contributed by atoms with van der Waals surface area (Å²) in [4.78, 5) is 12.3. The molecule has 1 aliphatic heterocycles. The minimum atomic E-state index is -0.292. The molecular formula is C18H19NO3. The number of aliphatic hydroxyl groups excluding tert-OH is 1. The van der Waals surface area contributed by atoms with Crippen LogP contribution in [0.15, 0.2) is 48.5 Å². The Bertz CT molecular complexity index is 655. The zero-order valence-electron chi connectivity index (χ0n) is 12.3. The lowest BCUT2D eigenvalue weighted by atomic mass is 10.0. The van der Waals surface area contributed by atoms with Crippen LogP contribution in [-0.4, -0.2) is 30.3 Å². The Labute approximate surface area is 129 Å². The maximum absolute atomic E-state index is 12.3. The third-order valence-electron chi connectivity index (χ3n) is 3.83. The highest BCUT2D eigenvalue weighted by atomic mass is 16.5. The normalized spacial score (nSPS) is 14.0. The van der Waals surface area contributed by atoms with Crippen LogP contribution < -0.4 is 10.1 Å². The molecule has 2 N–H and O–H groups in total. The van der Waals surface area contributed by atoms with Crippen LogP contribution in [0, 0.1) is 0 Å². The Hall–Kier alpha value is -2.33. The minimum Gasteiger partial charge on any atom is -0.493 e. The first kappa shape index (κ1) is 14.6. The molecule has 114 valence electrons. The van der Waals surface area contributed by atoms with E-state index in [1.165, 1.54) is 0 Å². The standard InChI is InChI=1S/C18H19NO3/c20-12-16(10-13-4-2-1-3-5-13)19-18(21)15-6-7-17-14(11-15)8-9-22-17/h1-7,11,16,20H,8-10,12H2,(H,19,21). The predicted octanol–water partition coefficient (Wildman–Crippen LogP) is 1.95. The van der Waals surface area contributed by atoms with Gasteiger partial charge in [0, 0.05) is 12.0 Å². The van der Waals surface area contributed by atoms with Crippen molar-refractivity contribution in [2.75, 3.05) is 13.2 Å². The molecule has 0 spiro atoms. The molecule has 0 aromatic heterocycles. The van der Waals surface area contributed by atoms with E-state index in [-0.39, 0.29) is 18.6 Å². The summed E-state index contributed by atoms with van der Waals surface area (Å²) in [5.41, 5.74) is 2.76. The highest BCUT2D eigenvalue weighted by Gasteiger charge is 2.17. The first-order valence-corrected chi connectivity index (χ1v) is 7.47. The Morgan fingerprint density at radius 1 is 1.23 bits per heavy atom. The highest BCUT2D eigenvalue weighted by Crippen LogP contribution is 2.25. The fraction of sp³-hybridized carbons (Fsp3) is 0.278. The third-order valence-corrected chi connectivity index (χ3v) is 3.83. The highest BCUT2D eigenvalue weighted by molar-refractivity contribution is 5.94. The molecule has 1 unspecified atom stereocenters. The third kappa shape index (κ3) is 3.28. The van der Waals surface area contributed by atoms with E-state index in [9.17, 15) is 9.90 Å². The van der Waals surface area contributed by atoms with Crippen LogP contribution in [0.25, 0.3) is 0 Å². The second-order valence-corrected chi connectivity index (χ2v) is 5.46. The summed E-state index contributed by atoms with van der Waals surface area (Å²) in [5.74, 6) is 0.698. The lowest BCUT2D eigenvalue weighted by Crippen LogP contribution is -2.39. The summed E-state index contributed by atoms with van der Waals surface area (Å²) in [6.07, 6.45) is 1.45. The number of fused-ring (bicyclic) bond motifs is 1. The molecule has 4 heteroatoms. The first-order valence-electron chi connectivity index (χ1n) is 7.47. The van der Waals surface area contributed by atoms with E-state index in [1.54, 1.807) is 6.07 Å². The molecular weight excluding hydrogens is 278 g/mol. The van der Waals surface area contributed by atoms with Crippen molar-refractivity contribution in [1.29, 1.82) is 0 Å². The number of rotatable bonds is 5. The maximum Gasteiger partial charge on any atom is 0.251 e. The molecule has 2 aromatic rings. The molecule has 4 nitrogen and oxygen atoms in total. The van der Waals surface area contributed by atoms with Gasteiger partial charge in [0.1, 0.15) is 5.75 Å². The quantitative estimate of drug-likeness (QED) is 0.887. The Kier molecular flexibility index (Phi) is 4.39. The average Bonchev–Trinajstić information content (AvgIpc) is 3.02. The second kappa shape index (κ2) is 6.62. The molecule has 3 rings (SSSR count). The van der Waals surface area contributed by atoms with E-state index >= 15 is 0 Å². The van der Waals surface area contributed by atoms with Crippen LogP contribution in [0.1, 0.15) is 21.5 Å². The van der Waals surface area contributed by atoms with Gasteiger partial charge in [0.05, 0.1) is 19.3 Å². The van der Waals surface area contributed by atoms with Gasteiger partial charge in [-0.05, 0) is 35.7 Å². The van der Waals surface area contributed by atoms with Crippen LogP contribution >= 0.6 is 0 Å². The van der Waals surface area contributed by atoms with Gasteiger partial charge in [0.25, 0.3) is 5.91 Å². The Balaban J connectivity index is 1.67. The molecule has 0 saturated heterocycles. The molecule has 0 aliphatic carbocycles. The van der Waals surface area contributed by atoms with E-state index in [0.717, 1.165) is 23.3 Å². The molecule has 1 aliphatic rings. The van der Waals surface area contributed by atoms with Crippen molar-refractivity contribution < 1.29 is 14.6 Å². The van der Waals surface area contributed by atoms with Crippen molar-refractivity contribution in [2.45, 2.75) is 18.9 Å². The van der Waals surface area contributed by atoms with Crippen molar-refractivity contribution >= 4 is 5.91 Å². The van der Waals surface area contributed by atoms with Crippen LogP contribution in [0.5, 0.6) is 5.75 Å². The Morgan fingerprint density at radius 2 is 2.05 bits per heavy atom. The van der Waals surface area contributed by atoms with Gasteiger partial charge >= 0.3 is 0 Å². The van der Waals surface area contributed by atoms with Gasteiger partial charge in [0.2, 0.25) is 0 Å². The van der Waals surface area contributed by atoms with Gasteiger partial charge in [-0.25, -0.2) is 0 Å². The molecule has 0 bridgehead atoms. The molecule has 0 radical (unpaired) electrons. The number of amides is 1. The van der Waals surface area contributed by atoms with E-state index < -0.39 is 0 Å². The monoisotopic (exact) mass is 297 g/mol. The van der Waals surface area contributed by atoms with Crippen molar-refractivity contribution in [3.05, 3.63) is 65.2 Å². The van der Waals surface area contributed by atoms with Crippen LogP contribution in [-0.2, 0) is 12.8 Å². The lowest BCUT2D eigenvalue weighted by Gasteiger charge is -2.16. The van der Waals surface area contributed by atoms with E-state index in [1.807, 2.05) is 42.5 Å². The first-order chi connectivity index (χ1) is 10.8. The number of nitrogens with one attached hydrogen (secondary N) is 1. The summed E-state index contributed by atoms with van der Waals surface area (Å²) in [7, 11) is 0. The maximum atomic E-state index is 12.3. The zero-order chi connectivity index (χ0) is 15.4. The average molecular weight is 297 g/mol. The Morgan fingerprint density at radius 3 is 2.82 bits per heavy atom. The number of carbonyl (C=O) groups excluding carboxylic acids is 1. The van der Waals surface area contributed by atoms with Crippen LogP contribution in [0.2, 0.25) is 0 Å². The summed E-state index contributed by atoms with van der Waals surface area (Å²) >= 11 is 0. The number of aliphatic hydroxyl groups is 1. The van der Waals surface area contributed by atoms with Crippen molar-refractivity contribution in [3.8, 4) is 5.75 Å². The van der Waals surface area contributed by atoms with Gasteiger partial charge < -0.3 is 15.2 Å². The molecule has 0 saturated carbocycles. The van der Waals surface area contributed by atoms with Gasteiger partial charge in [-0.1, -0.05) is 30.3 Å². The van der Waals surface area contributed by atoms with E-state index in [0.29, 0.717) is 18.6 Å². The van der Waals surface area contributed by atoms with Gasteiger partial charge in [-0.2, -0.15) is 0 Å². The van der Waals surface area contributed by atoms with Gasteiger partial charge in [0.15, 0.2) is 0 Å². The zero-order valence-corrected chi connectivity index (χ0v) is 12.3. The summed E-state index contributed by atoms with van der Waals surface area (Å²) in [6.45, 7) is 0.586.